The monoisotopic (exact) mass is 239 g/mol. The average molecular weight is 239 g/mol. The highest BCUT2D eigenvalue weighted by atomic mass is 16.5. The molecule has 0 aliphatic rings. The quantitative estimate of drug-likeness (QED) is 0.823. The van der Waals surface area contributed by atoms with Crippen molar-refractivity contribution >= 4 is 5.95 Å². The first-order valence-electron chi connectivity index (χ1n) is 5.68. The lowest BCUT2D eigenvalue weighted by atomic mass is 10.1. The minimum atomic E-state index is -0.173. The molecule has 0 aromatic carbocycles. The Morgan fingerprint density at radius 2 is 2.06 bits per heavy atom. The summed E-state index contributed by atoms with van der Waals surface area (Å²) in [6.45, 7) is 6.54. The van der Waals surface area contributed by atoms with Crippen molar-refractivity contribution in [1.29, 1.82) is 0 Å². The van der Waals surface area contributed by atoms with Gasteiger partial charge in [-0.05, 0) is 20.8 Å². The zero-order chi connectivity index (χ0) is 12.9. The van der Waals surface area contributed by atoms with Crippen LogP contribution in [0.25, 0.3) is 0 Å². The van der Waals surface area contributed by atoms with Crippen molar-refractivity contribution in [3.63, 3.8) is 0 Å². The van der Waals surface area contributed by atoms with Crippen LogP contribution in [-0.4, -0.2) is 36.3 Å². The van der Waals surface area contributed by atoms with Crippen molar-refractivity contribution in [2.24, 2.45) is 0 Å². The van der Waals surface area contributed by atoms with E-state index in [-0.39, 0.29) is 5.60 Å². The van der Waals surface area contributed by atoms with Crippen molar-refractivity contribution < 1.29 is 9.47 Å². The highest BCUT2D eigenvalue weighted by Gasteiger charge is 2.16. The topological polar surface area (TPSA) is 56.3 Å². The van der Waals surface area contributed by atoms with E-state index in [2.05, 4.69) is 15.3 Å². The zero-order valence-electron chi connectivity index (χ0n) is 11.2. The van der Waals surface area contributed by atoms with Gasteiger partial charge in [-0.2, -0.15) is 4.98 Å². The standard InChI is InChI=1S/C12H21N3O2/c1-9-8-10(15-11(13-4)14-9)17-7-6-12(2,3)16-5/h8H,6-7H2,1-5H3,(H,13,14,15). The minimum absolute atomic E-state index is 0.173. The number of rotatable bonds is 6. The van der Waals surface area contributed by atoms with Gasteiger partial charge in [-0.3, -0.25) is 0 Å². The maximum Gasteiger partial charge on any atom is 0.225 e. The van der Waals surface area contributed by atoms with Gasteiger partial charge in [-0.1, -0.05) is 0 Å². The zero-order valence-corrected chi connectivity index (χ0v) is 11.2. The second-order valence-electron chi connectivity index (χ2n) is 4.48. The molecule has 5 nitrogen and oxygen atoms in total. The Hall–Kier alpha value is -1.36. The van der Waals surface area contributed by atoms with E-state index in [0.717, 1.165) is 12.1 Å². The lowest BCUT2D eigenvalue weighted by Crippen LogP contribution is -2.25. The summed E-state index contributed by atoms with van der Waals surface area (Å²) in [6, 6.07) is 1.82. The molecule has 1 aromatic rings. The van der Waals surface area contributed by atoms with Gasteiger partial charge in [0.2, 0.25) is 11.8 Å². The van der Waals surface area contributed by atoms with Gasteiger partial charge in [0, 0.05) is 32.3 Å². The summed E-state index contributed by atoms with van der Waals surface area (Å²) in [7, 11) is 3.49. The van der Waals surface area contributed by atoms with Crippen LogP contribution in [0, 0.1) is 6.92 Å². The molecule has 0 amide bonds. The van der Waals surface area contributed by atoms with E-state index in [9.17, 15) is 0 Å². The average Bonchev–Trinajstić information content (AvgIpc) is 2.28. The first-order chi connectivity index (χ1) is 7.96. The molecule has 0 spiro atoms. The molecule has 1 heterocycles. The highest BCUT2D eigenvalue weighted by molar-refractivity contribution is 5.29. The molecule has 0 saturated heterocycles. The molecule has 0 unspecified atom stereocenters. The van der Waals surface area contributed by atoms with Gasteiger partial charge in [0.25, 0.3) is 0 Å². The van der Waals surface area contributed by atoms with Gasteiger partial charge in [-0.15, -0.1) is 0 Å². The van der Waals surface area contributed by atoms with Gasteiger partial charge in [0.05, 0.1) is 12.2 Å². The van der Waals surface area contributed by atoms with Crippen molar-refractivity contribution in [3.8, 4) is 5.88 Å². The fourth-order valence-corrected chi connectivity index (χ4v) is 1.23. The van der Waals surface area contributed by atoms with E-state index >= 15 is 0 Å². The van der Waals surface area contributed by atoms with Crippen LogP contribution in [0.2, 0.25) is 0 Å². The normalized spacial score (nSPS) is 11.4. The van der Waals surface area contributed by atoms with E-state index < -0.39 is 0 Å². The number of ether oxygens (including phenoxy) is 2. The van der Waals surface area contributed by atoms with Crippen LogP contribution < -0.4 is 10.1 Å². The molecule has 1 aromatic heterocycles. The molecular formula is C12H21N3O2. The fourth-order valence-electron chi connectivity index (χ4n) is 1.23. The number of nitrogens with one attached hydrogen (secondary N) is 1. The molecule has 0 aliphatic heterocycles. The third-order valence-corrected chi connectivity index (χ3v) is 2.56. The number of hydrogen-bond donors (Lipinski definition) is 1. The summed E-state index contributed by atoms with van der Waals surface area (Å²) < 4.78 is 10.9. The van der Waals surface area contributed by atoms with E-state index in [0.29, 0.717) is 18.4 Å². The molecular weight excluding hydrogens is 218 g/mol. The van der Waals surface area contributed by atoms with Gasteiger partial charge in [0.15, 0.2) is 0 Å². The summed E-state index contributed by atoms with van der Waals surface area (Å²) in [5.74, 6) is 1.17. The Labute approximate surface area is 103 Å². The van der Waals surface area contributed by atoms with E-state index in [1.807, 2.05) is 26.8 Å². The Kier molecular flexibility index (Phi) is 4.69. The van der Waals surface area contributed by atoms with E-state index in [1.54, 1.807) is 14.2 Å². The van der Waals surface area contributed by atoms with Crippen molar-refractivity contribution in [3.05, 3.63) is 11.8 Å². The Morgan fingerprint density at radius 3 is 2.65 bits per heavy atom. The lowest BCUT2D eigenvalue weighted by Gasteiger charge is -2.22. The molecule has 5 heteroatoms. The van der Waals surface area contributed by atoms with E-state index in [1.165, 1.54) is 0 Å². The summed E-state index contributed by atoms with van der Waals surface area (Å²) in [5, 5.41) is 2.90. The van der Waals surface area contributed by atoms with Crippen LogP contribution in [0.15, 0.2) is 6.07 Å². The van der Waals surface area contributed by atoms with Crippen LogP contribution >= 0.6 is 0 Å². The molecule has 0 atom stereocenters. The smallest absolute Gasteiger partial charge is 0.225 e. The summed E-state index contributed by atoms with van der Waals surface area (Å²) >= 11 is 0. The Morgan fingerprint density at radius 1 is 1.35 bits per heavy atom. The number of aromatic nitrogens is 2. The van der Waals surface area contributed by atoms with Gasteiger partial charge >= 0.3 is 0 Å². The molecule has 0 aliphatic carbocycles. The molecule has 1 rings (SSSR count). The second-order valence-corrected chi connectivity index (χ2v) is 4.48. The van der Waals surface area contributed by atoms with Gasteiger partial charge < -0.3 is 14.8 Å². The molecule has 0 bridgehead atoms. The number of aryl methyl sites for hydroxylation is 1. The predicted octanol–water partition coefficient (Wildman–Crippen LogP) is 2.02. The Bertz CT molecular complexity index is 367. The maximum atomic E-state index is 5.60. The van der Waals surface area contributed by atoms with Crippen LogP contribution in [0.3, 0.4) is 0 Å². The second kappa shape index (κ2) is 5.82. The Balaban J connectivity index is 2.55. The SMILES string of the molecule is CNc1nc(C)cc(OCCC(C)(C)OC)n1. The third-order valence-electron chi connectivity index (χ3n) is 2.56. The van der Waals surface area contributed by atoms with Crippen LogP contribution in [-0.2, 0) is 4.74 Å². The number of nitrogens with zero attached hydrogens (tertiary/aromatic N) is 2. The molecule has 96 valence electrons. The van der Waals surface area contributed by atoms with Crippen LogP contribution in [0.4, 0.5) is 5.95 Å². The summed E-state index contributed by atoms with van der Waals surface area (Å²) in [5.41, 5.74) is 0.707. The van der Waals surface area contributed by atoms with Gasteiger partial charge in [0.1, 0.15) is 0 Å². The third kappa shape index (κ3) is 4.56. The molecule has 17 heavy (non-hydrogen) atoms. The molecule has 0 fully saturated rings. The largest absolute Gasteiger partial charge is 0.477 e. The van der Waals surface area contributed by atoms with Crippen molar-refractivity contribution in [1.82, 2.24) is 9.97 Å². The first-order valence-corrected chi connectivity index (χ1v) is 5.68. The number of hydrogen-bond acceptors (Lipinski definition) is 5. The van der Waals surface area contributed by atoms with Crippen molar-refractivity contribution in [2.75, 3.05) is 26.1 Å². The predicted molar refractivity (Wildman–Crippen MR) is 67.5 cm³/mol. The minimum Gasteiger partial charge on any atom is -0.477 e. The summed E-state index contributed by atoms with van der Waals surface area (Å²) in [4.78, 5) is 8.41. The number of anilines is 1. The van der Waals surface area contributed by atoms with Crippen LogP contribution in [0.1, 0.15) is 26.0 Å². The lowest BCUT2D eigenvalue weighted by molar-refractivity contribution is 0.00509. The van der Waals surface area contributed by atoms with Gasteiger partial charge in [-0.25, -0.2) is 4.98 Å². The van der Waals surface area contributed by atoms with Crippen LogP contribution in [0.5, 0.6) is 5.88 Å². The highest BCUT2D eigenvalue weighted by Crippen LogP contribution is 2.15. The molecule has 1 N–H and O–H groups in total. The molecule has 0 radical (unpaired) electrons. The first kappa shape index (κ1) is 13.7. The summed E-state index contributed by atoms with van der Waals surface area (Å²) in [6.07, 6.45) is 0.807. The number of methoxy groups -OCH3 is 1. The van der Waals surface area contributed by atoms with Crippen molar-refractivity contribution in [2.45, 2.75) is 32.8 Å². The molecule has 0 saturated carbocycles. The maximum absolute atomic E-state index is 5.60. The fraction of sp³-hybridized carbons (Fsp3) is 0.667. The van der Waals surface area contributed by atoms with E-state index in [4.69, 9.17) is 9.47 Å².